The van der Waals surface area contributed by atoms with E-state index in [4.69, 9.17) is 0 Å². The average molecular weight is 319 g/mol. The molecule has 114 valence electrons. The van der Waals surface area contributed by atoms with Gasteiger partial charge >= 0.3 is 0 Å². The summed E-state index contributed by atoms with van der Waals surface area (Å²) in [5, 5.41) is 0. The van der Waals surface area contributed by atoms with E-state index < -0.39 is 15.9 Å². The van der Waals surface area contributed by atoms with Gasteiger partial charge in [0.25, 0.3) is 15.9 Å². The zero-order valence-electron chi connectivity index (χ0n) is 11.6. The molecule has 0 radical (unpaired) electrons. The van der Waals surface area contributed by atoms with Crippen molar-refractivity contribution in [2.75, 3.05) is 0 Å². The zero-order valence-corrected chi connectivity index (χ0v) is 12.4. The summed E-state index contributed by atoms with van der Waals surface area (Å²) in [6.07, 6.45) is 1.42. The molecule has 0 aliphatic heterocycles. The third-order valence-electron chi connectivity index (χ3n) is 2.77. The number of Topliss-reactive ketones (excluding diaryl/α,β-unsaturated/α-hetero) is 1. The monoisotopic (exact) mass is 319 g/mol. The number of nitrogens with zero attached hydrogens (tertiary/aromatic N) is 1. The van der Waals surface area contributed by atoms with Crippen molar-refractivity contribution in [3.8, 4) is 0 Å². The van der Waals surface area contributed by atoms with E-state index in [-0.39, 0.29) is 16.4 Å². The fraction of sp³-hybridized carbons (Fsp3) is 0.0714. The van der Waals surface area contributed by atoms with Crippen molar-refractivity contribution in [3.05, 3.63) is 59.9 Å². The molecule has 2 rings (SSSR count). The van der Waals surface area contributed by atoms with Crippen molar-refractivity contribution >= 4 is 21.7 Å². The summed E-state index contributed by atoms with van der Waals surface area (Å²) in [5.41, 5.74) is 2.55. The van der Waals surface area contributed by atoms with Crippen molar-refractivity contribution in [2.24, 2.45) is 0 Å². The molecule has 1 heterocycles. The van der Waals surface area contributed by atoms with Crippen LogP contribution in [0.15, 0.2) is 53.6 Å². The Morgan fingerprint density at radius 3 is 2.27 bits per heavy atom. The largest absolute Gasteiger partial charge is 0.295 e. The zero-order chi connectivity index (χ0) is 16.2. The first-order valence-electron chi connectivity index (χ1n) is 6.24. The molecule has 8 heteroatoms. The Morgan fingerprint density at radius 1 is 1.05 bits per heavy atom. The smallest absolute Gasteiger partial charge is 0.284 e. The lowest BCUT2D eigenvalue weighted by Crippen LogP contribution is -2.41. The van der Waals surface area contributed by atoms with Gasteiger partial charge in [-0.2, -0.15) is 0 Å². The second-order valence-corrected chi connectivity index (χ2v) is 6.04. The molecular formula is C14H13N3O4S. The van der Waals surface area contributed by atoms with Crippen LogP contribution in [0.3, 0.4) is 0 Å². The number of hydrazine groups is 1. The van der Waals surface area contributed by atoms with E-state index in [0.29, 0.717) is 5.56 Å². The number of amides is 1. The van der Waals surface area contributed by atoms with Crippen molar-refractivity contribution < 1.29 is 18.0 Å². The SMILES string of the molecule is CC(=O)c1ccc(S(=O)(=O)NNC(=O)c2ccccn2)cc1. The third kappa shape index (κ3) is 3.74. The predicted molar refractivity (Wildman–Crippen MR) is 78.5 cm³/mol. The van der Waals surface area contributed by atoms with Crippen LogP contribution in [0.4, 0.5) is 0 Å². The maximum Gasteiger partial charge on any atom is 0.284 e. The Balaban J connectivity index is 2.08. The van der Waals surface area contributed by atoms with E-state index in [1.54, 1.807) is 12.1 Å². The first kappa shape index (κ1) is 15.8. The van der Waals surface area contributed by atoms with Crippen LogP contribution >= 0.6 is 0 Å². The molecule has 1 amide bonds. The molecule has 0 spiro atoms. The average Bonchev–Trinajstić information content (AvgIpc) is 2.53. The van der Waals surface area contributed by atoms with Crippen LogP contribution in [0.1, 0.15) is 27.8 Å². The molecule has 2 aromatic rings. The van der Waals surface area contributed by atoms with E-state index in [1.165, 1.54) is 43.5 Å². The van der Waals surface area contributed by atoms with Crippen molar-refractivity contribution in [3.63, 3.8) is 0 Å². The number of ketones is 1. The molecule has 0 bridgehead atoms. The standard InChI is InChI=1S/C14H13N3O4S/c1-10(18)11-5-7-12(8-6-11)22(20,21)17-16-14(19)13-4-2-3-9-15-13/h2-9,17H,1H3,(H,16,19). The van der Waals surface area contributed by atoms with Gasteiger partial charge in [-0.25, -0.2) is 8.42 Å². The summed E-state index contributed by atoms with van der Waals surface area (Å²) in [7, 11) is -3.93. The Hall–Kier alpha value is -2.58. The molecule has 2 N–H and O–H groups in total. The van der Waals surface area contributed by atoms with Crippen LogP contribution in [-0.2, 0) is 10.0 Å². The summed E-state index contributed by atoms with van der Waals surface area (Å²) in [6, 6.07) is 10.1. The van der Waals surface area contributed by atoms with Crippen molar-refractivity contribution in [1.29, 1.82) is 0 Å². The molecule has 0 aliphatic carbocycles. The van der Waals surface area contributed by atoms with Crippen LogP contribution < -0.4 is 10.3 Å². The number of rotatable bonds is 5. The van der Waals surface area contributed by atoms with Crippen LogP contribution in [-0.4, -0.2) is 25.1 Å². The molecule has 0 aliphatic rings. The molecule has 1 aromatic carbocycles. The normalized spacial score (nSPS) is 11.0. The van der Waals surface area contributed by atoms with E-state index >= 15 is 0 Å². The molecule has 22 heavy (non-hydrogen) atoms. The summed E-state index contributed by atoms with van der Waals surface area (Å²) in [5.74, 6) is -0.843. The van der Waals surface area contributed by atoms with Crippen molar-refractivity contribution in [1.82, 2.24) is 15.2 Å². The highest BCUT2D eigenvalue weighted by molar-refractivity contribution is 7.89. The number of hydrogen-bond acceptors (Lipinski definition) is 5. The molecule has 0 unspecified atom stereocenters. The second-order valence-electron chi connectivity index (χ2n) is 4.36. The van der Waals surface area contributed by atoms with Gasteiger partial charge in [0.15, 0.2) is 5.78 Å². The van der Waals surface area contributed by atoms with E-state index in [2.05, 4.69) is 10.4 Å². The molecule has 7 nitrogen and oxygen atoms in total. The first-order chi connectivity index (χ1) is 10.4. The second kappa shape index (κ2) is 6.46. The highest BCUT2D eigenvalue weighted by Crippen LogP contribution is 2.10. The number of sulfonamides is 1. The van der Waals surface area contributed by atoms with Gasteiger partial charge in [0.1, 0.15) is 5.69 Å². The van der Waals surface area contributed by atoms with E-state index in [1.807, 2.05) is 4.83 Å². The molecule has 0 saturated carbocycles. The first-order valence-corrected chi connectivity index (χ1v) is 7.72. The maximum absolute atomic E-state index is 12.0. The number of benzene rings is 1. The lowest BCUT2D eigenvalue weighted by atomic mass is 10.2. The van der Waals surface area contributed by atoms with Gasteiger partial charge in [0, 0.05) is 11.8 Å². The van der Waals surface area contributed by atoms with Gasteiger partial charge < -0.3 is 0 Å². The number of pyridine rings is 1. The predicted octanol–water partition coefficient (Wildman–Crippen LogP) is 0.907. The summed E-state index contributed by atoms with van der Waals surface area (Å²) < 4.78 is 24.0. The quantitative estimate of drug-likeness (QED) is 0.629. The lowest BCUT2D eigenvalue weighted by Gasteiger charge is -2.08. The Labute approximate surface area is 127 Å². The summed E-state index contributed by atoms with van der Waals surface area (Å²) >= 11 is 0. The molecule has 0 saturated heterocycles. The summed E-state index contributed by atoms with van der Waals surface area (Å²) in [4.78, 5) is 28.6. The lowest BCUT2D eigenvalue weighted by molar-refractivity contribution is 0.0939. The van der Waals surface area contributed by atoms with Crippen LogP contribution in [0.2, 0.25) is 0 Å². The number of aromatic nitrogens is 1. The number of carbonyl (C=O) groups excluding carboxylic acids is 2. The number of nitrogens with one attached hydrogen (secondary N) is 2. The van der Waals surface area contributed by atoms with Gasteiger partial charge in [-0.1, -0.05) is 18.2 Å². The number of hydrogen-bond donors (Lipinski definition) is 2. The molecule has 0 atom stereocenters. The Bertz CT molecular complexity index is 787. The van der Waals surface area contributed by atoms with E-state index in [0.717, 1.165) is 0 Å². The van der Waals surface area contributed by atoms with Gasteiger partial charge in [-0.05, 0) is 31.2 Å². The summed E-state index contributed by atoms with van der Waals surface area (Å²) in [6.45, 7) is 1.38. The highest BCUT2D eigenvalue weighted by atomic mass is 32.2. The minimum atomic E-state index is -3.93. The molecule has 1 aromatic heterocycles. The minimum absolute atomic E-state index is 0.0705. The molecular weight excluding hydrogens is 306 g/mol. The van der Waals surface area contributed by atoms with Crippen LogP contribution in [0.5, 0.6) is 0 Å². The Kier molecular flexibility index (Phi) is 4.64. The highest BCUT2D eigenvalue weighted by Gasteiger charge is 2.16. The van der Waals surface area contributed by atoms with Crippen LogP contribution in [0.25, 0.3) is 0 Å². The maximum atomic E-state index is 12.0. The Morgan fingerprint density at radius 2 is 1.73 bits per heavy atom. The van der Waals surface area contributed by atoms with Gasteiger partial charge in [0.05, 0.1) is 4.90 Å². The fourth-order valence-electron chi connectivity index (χ4n) is 1.60. The topological polar surface area (TPSA) is 105 Å². The third-order valence-corrected chi connectivity index (χ3v) is 4.03. The van der Waals surface area contributed by atoms with Gasteiger partial charge in [0.2, 0.25) is 0 Å². The fourth-order valence-corrected chi connectivity index (χ4v) is 2.44. The van der Waals surface area contributed by atoms with Gasteiger partial charge in [-0.3, -0.25) is 20.0 Å². The van der Waals surface area contributed by atoms with Crippen molar-refractivity contribution in [2.45, 2.75) is 11.8 Å². The minimum Gasteiger partial charge on any atom is -0.295 e. The van der Waals surface area contributed by atoms with E-state index in [9.17, 15) is 18.0 Å². The van der Waals surface area contributed by atoms with Gasteiger partial charge in [-0.15, -0.1) is 4.83 Å². The number of carbonyl (C=O) groups is 2. The molecule has 0 fully saturated rings. The van der Waals surface area contributed by atoms with Crippen LogP contribution in [0, 0.1) is 0 Å².